The number of nitrogens with zero attached hydrogens (tertiary/aromatic N) is 2. The van der Waals surface area contributed by atoms with Crippen molar-refractivity contribution in [3.63, 3.8) is 0 Å². The summed E-state index contributed by atoms with van der Waals surface area (Å²) >= 11 is 9.53. The van der Waals surface area contributed by atoms with Gasteiger partial charge in [0.2, 0.25) is 0 Å². The molecule has 11 heteroatoms. The van der Waals surface area contributed by atoms with E-state index in [2.05, 4.69) is 240 Å². The average Bonchev–Trinajstić information content (AvgIpc) is 1.02. The Morgan fingerprint density at radius 3 is 1.10 bits per heavy atom. The Bertz CT molecular complexity index is 3100. The van der Waals surface area contributed by atoms with E-state index in [1.165, 1.54) is 89.0 Å². The molecule has 1 N–H and O–H groups in total. The second-order valence-electron chi connectivity index (χ2n) is 26.8. The maximum atomic E-state index is 10.5. The summed E-state index contributed by atoms with van der Waals surface area (Å²) in [7, 11) is -1.85. The van der Waals surface area contributed by atoms with Crippen LogP contribution in [0.25, 0.3) is 22.3 Å². The third kappa shape index (κ3) is 20.9. The molecule has 0 aliphatic heterocycles. The van der Waals surface area contributed by atoms with Gasteiger partial charge in [-0.25, -0.2) is 0 Å². The Kier molecular flexibility index (Phi) is 31.2. The molecule has 0 amide bonds. The number of aliphatic hydroxyl groups is 1. The molecule has 86 heavy (non-hydrogen) atoms. The number of pyridine rings is 2. The average molecular weight is 1230 g/mol. The van der Waals surface area contributed by atoms with Gasteiger partial charge in [0, 0.05) is 46.7 Å². The number of hydrogen-bond donors (Lipinski definition) is 1. The lowest BCUT2D eigenvalue weighted by molar-refractivity contribution is -0.193. The summed E-state index contributed by atoms with van der Waals surface area (Å²) in [5.41, 5.74) is 21.3. The molecular weight excluding hydrogens is 1120 g/mol. The fourth-order valence-electron chi connectivity index (χ4n) is 11.5. The number of hydrogen-bond acceptors (Lipinski definition) is 8. The highest BCUT2D eigenvalue weighted by Gasteiger charge is 2.42. The van der Waals surface area contributed by atoms with Crippen LogP contribution in [0.3, 0.4) is 0 Å². The predicted octanol–water partition coefficient (Wildman–Crippen LogP) is 20.0. The third-order valence-electron chi connectivity index (χ3n) is 18.4. The molecule has 0 saturated heterocycles. The molecule has 0 bridgehead atoms. The lowest BCUT2D eigenvalue weighted by Crippen LogP contribution is -2.47. The van der Waals surface area contributed by atoms with Crippen LogP contribution < -0.4 is 0 Å². The highest BCUT2D eigenvalue weighted by Crippen LogP contribution is 2.44. The maximum absolute atomic E-state index is 10.5. The van der Waals surface area contributed by atoms with Crippen molar-refractivity contribution < 1.29 is 28.7 Å². The molecule has 6 rings (SSSR count). The molecule has 2 unspecified atom stereocenters. The summed E-state index contributed by atoms with van der Waals surface area (Å²) in [6.07, 6.45) is 18.4. The summed E-state index contributed by atoms with van der Waals surface area (Å²) < 4.78 is 7.00. The van der Waals surface area contributed by atoms with E-state index in [-0.39, 0.29) is 56.5 Å². The Morgan fingerprint density at radius 1 is 0.500 bits per heavy atom. The highest BCUT2D eigenvalue weighted by molar-refractivity contribution is 6.74. The number of benzene rings is 4. The van der Waals surface area contributed by atoms with Crippen LogP contribution in [-0.2, 0) is 60.1 Å². The van der Waals surface area contributed by atoms with Crippen molar-refractivity contribution in [1.29, 1.82) is 0 Å². The molecule has 0 saturated carbocycles. The number of halogens is 2. The second-order valence-corrected chi connectivity index (χ2v) is 32.3. The normalized spacial score (nSPS) is 12.5. The molecule has 2 atom stereocenters. The van der Waals surface area contributed by atoms with E-state index in [1.54, 1.807) is 0 Å². The van der Waals surface area contributed by atoms with Crippen molar-refractivity contribution in [2.24, 2.45) is 10.8 Å². The quantitative estimate of drug-likeness (QED) is 0.0592. The van der Waals surface area contributed by atoms with E-state index in [9.17, 15) is 5.11 Å². The fraction of sp³-hybridized carbons (Fsp3) is 0.520. The minimum absolute atomic E-state index is 0.00448. The first-order valence-electron chi connectivity index (χ1n) is 31.1. The number of carbonyl (C=O) groups excluding carboxylic acids is 4. The predicted molar refractivity (Wildman–Crippen MR) is 363 cm³/mol. The van der Waals surface area contributed by atoms with Gasteiger partial charge < -0.3 is 9.53 Å². The lowest BCUT2D eigenvalue weighted by atomic mass is 9.69. The number of rotatable bonds is 20. The van der Waals surface area contributed by atoms with Gasteiger partial charge >= 0.3 is 12.3 Å². The van der Waals surface area contributed by atoms with Gasteiger partial charge in [-0.15, -0.1) is 23.2 Å². The molecule has 6 aromatic rings. The Labute approximate surface area is 531 Å². The summed E-state index contributed by atoms with van der Waals surface area (Å²) in [5, 5.41) is 10.9. The van der Waals surface area contributed by atoms with E-state index in [0.717, 1.165) is 64.2 Å². The Morgan fingerprint density at radius 2 is 0.826 bits per heavy atom. The number of aromatic nitrogens is 2. The van der Waals surface area contributed by atoms with Crippen LogP contribution in [0.15, 0.2) is 110 Å². The van der Waals surface area contributed by atoms with Crippen LogP contribution in [0.1, 0.15) is 209 Å². The molecule has 470 valence electrons. The molecule has 0 aliphatic carbocycles. The molecule has 0 spiro atoms. The molecule has 0 fully saturated rings. The zero-order chi connectivity index (χ0) is 65.4. The van der Waals surface area contributed by atoms with Crippen LogP contribution >= 0.6 is 23.2 Å². The topological polar surface area (TPSA) is 124 Å². The standard InChI is InChI=1S/C39H59NOSi.C33H45NO.CH2Cl2.2CO2/c1-14-30-25-32(27-40-26-30)35-21-20-34(24-29(35)5)39(15-2,16-3)33-19-17-31(28(4)23-33)18-22-36(37(6,7)8)41-42(12,13)38(9,10)11;1-9-25-20-27(22-34-21-25)30-16-15-29(19-24(30)5)33(10-2,11-3)28-14-12-26(23(4)18-28)13-17-31(35)32(6,7)8;3*2-1-3/h17,19-21,23-27,36H,14-16,18,22H2,1-13H3;12,14-16,18-22,31,35H,9-11,13,17H2,1-8H3;1H2;;. The van der Waals surface area contributed by atoms with Crippen LogP contribution in [0.4, 0.5) is 0 Å². The molecular formula is C75H106Cl2N2O6Si. The summed E-state index contributed by atoms with van der Waals surface area (Å²) in [4.78, 5) is 41.5. The van der Waals surface area contributed by atoms with E-state index < -0.39 is 8.32 Å². The molecule has 2 heterocycles. The zero-order valence-corrected chi connectivity index (χ0v) is 59.0. The van der Waals surface area contributed by atoms with Crippen molar-refractivity contribution in [2.75, 3.05) is 5.34 Å². The van der Waals surface area contributed by atoms with Gasteiger partial charge in [0.15, 0.2) is 8.32 Å². The van der Waals surface area contributed by atoms with Crippen molar-refractivity contribution in [1.82, 2.24) is 9.97 Å². The largest absolute Gasteiger partial charge is 0.413 e. The number of aryl methyl sites for hydroxylation is 8. The van der Waals surface area contributed by atoms with Crippen LogP contribution in [0, 0.1) is 38.5 Å². The zero-order valence-electron chi connectivity index (χ0n) is 56.5. The van der Waals surface area contributed by atoms with Gasteiger partial charge in [0.25, 0.3) is 0 Å². The Balaban J connectivity index is 0.000000521. The van der Waals surface area contributed by atoms with E-state index in [0.29, 0.717) is 0 Å². The van der Waals surface area contributed by atoms with Gasteiger partial charge in [-0.1, -0.05) is 177 Å². The molecule has 2 aromatic heterocycles. The van der Waals surface area contributed by atoms with Gasteiger partial charge in [0.05, 0.1) is 17.5 Å². The third-order valence-corrected chi connectivity index (χ3v) is 22.8. The van der Waals surface area contributed by atoms with Gasteiger partial charge in [-0.3, -0.25) is 9.97 Å². The summed E-state index contributed by atoms with van der Waals surface area (Å²) in [6.45, 7) is 47.8. The molecule has 4 aromatic carbocycles. The Hall–Kier alpha value is -5.34. The number of alkyl halides is 2. The lowest BCUT2D eigenvalue weighted by Gasteiger charge is -2.43. The maximum Gasteiger partial charge on any atom is 0.373 e. The number of aliphatic hydroxyl groups excluding tert-OH is 1. The summed E-state index contributed by atoms with van der Waals surface area (Å²) in [5.74, 6) is 0. The first-order chi connectivity index (χ1) is 40.3. The smallest absolute Gasteiger partial charge is 0.373 e. The van der Waals surface area contributed by atoms with E-state index in [4.69, 9.17) is 46.8 Å². The minimum Gasteiger partial charge on any atom is -0.413 e. The van der Waals surface area contributed by atoms with Crippen LogP contribution in [-0.4, -0.2) is 53.2 Å². The minimum atomic E-state index is -1.85. The fourth-order valence-corrected chi connectivity index (χ4v) is 13.0. The SMILES string of the molecule is CCc1cncc(-c2ccc(C(CC)(CC)c3ccc(CCC(O)C(C)(C)C)c(C)c3)cc2C)c1.CCc1cncc(-c2ccc(C(CC)(CC)c3ccc(CCC(O[Si](C)(C)C(C)(C)C)C(C)(C)C)c(C)c3)cc2C)c1.ClCCl.O=C=O.O=C=O. The van der Waals surface area contributed by atoms with Crippen molar-refractivity contribution in [2.45, 2.75) is 237 Å². The first-order valence-corrected chi connectivity index (χ1v) is 35.0. The second kappa shape index (κ2) is 35.0. The van der Waals surface area contributed by atoms with Crippen LogP contribution in [0.5, 0.6) is 0 Å². The van der Waals surface area contributed by atoms with Gasteiger partial charge in [-0.2, -0.15) is 19.2 Å². The van der Waals surface area contributed by atoms with Crippen molar-refractivity contribution in [3.05, 3.63) is 176 Å². The van der Waals surface area contributed by atoms with Gasteiger partial charge in [0.1, 0.15) is 0 Å². The van der Waals surface area contributed by atoms with E-state index in [1.807, 2.05) is 24.8 Å². The van der Waals surface area contributed by atoms with E-state index >= 15 is 0 Å². The van der Waals surface area contributed by atoms with Crippen molar-refractivity contribution in [3.8, 4) is 22.3 Å². The highest BCUT2D eigenvalue weighted by atomic mass is 35.5. The first kappa shape index (κ1) is 76.8. The molecule has 0 aliphatic rings. The summed E-state index contributed by atoms with van der Waals surface area (Å²) in [6, 6.07) is 33.0. The van der Waals surface area contributed by atoms with Crippen molar-refractivity contribution >= 4 is 43.8 Å². The van der Waals surface area contributed by atoms with Gasteiger partial charge in [-0.05, 0) is 211 Å². The molecule has 8 nitrogen and oxygen atoms in total. The monoisotopic (exact) mass is 1230 g/mol. The molecule has 0 radical (unpaired) electrons. The van der Waals surface area contributed by atoms with Crippen LogP contribution in [0.2, 0.25) is 18.1 Å².